The lowest BCUT2D eigenvalue weighted by Gasteiger charge is -2.22. The van der Waals surface area contributed by atoms with Crippen molar-refractivity contribution >= 4 is 45.7 Å². The number of aromatic nitrogens is 2. The predicted molar refractivity (Wildman–Crippen MR) is 158 cm³/mol. The van der Waals surface area contributed by atoms with E-state index in [0.717, 1.165) is 60.5 Å². The quantitative estimate of drug-likeness (QED) is 0.245. The van der Waals surface area contributed by atoms with Crippen LogP contribution in [0.25, 0.3) is 0 Å². The number of anilines is 2. The number of nitrogens with one attached hydrogen (secondary N) is 2. The summed E-state index contributed by atoms with van der Waals surface area (Å²) in [5.41, 5.74) is 2.63. The second-order valence-electron chi connectivity index (χ2n) is 10.1. The average Bonchev–Trinajstić information content (AvgIpc) is 3.79. The minimum atomic E-state index is -0.496. The molecule has 0 saturated carbocycles. The summed E-state index contributed by atoms with van der Waals surface area (Å²) in [7, 11) is 0. The van der Waals surface area contributed by atoms with Gasteiger partial charge in [0, 0.05) is 24.6 Å². The van der Waals surface area contributed by atoms with Crippen molar-refractivity contribution < 1.29 is 18.7 Å². The molecule has 1 fully saturated rings. The van der Waals surface area contributed by atoms with Crippen LogP contribution in [-0.4, -0.2) is 41.0 Å². The van der Waals surface area contributed by atoms with E-state index in [1.807, 2.05) is 47.4 Å². The minimum Gasteiger partial charge on any atom is -0.467 e. The van der Waals surface area contributed by atoms with Gasteiger partial charge in [0.1, 0.15) is 10.8 Å². The van der Waals surface area contributed by atoms with Gasteiger partial charge in [0.05, 0.1) is 35.7 Å². The lowest BCUT2D eigenvalue weighted by Crippen LogP contribution is -2.32. The molecule has 3 aromatic heterocycles. The highest BCUT2D eigenvalue weighted by Gasteiger charge is 2.29. The summed E-state index contributed by atoms with van der Waals surface area (Å²) in [4.78, 5) is 39.0. The summed E-state index contributed by atoms with van der Waals surface area (Å²) < 4.78 is 11.2. The molecule has 2 N–H and O–H groups in total. The number of hydrogen-bond donors (Lipinski definition) is 2. The molecule has 9 nitrogen and oxygen atoms in total. The van der Waals surface area contributed by atoms with Crippen molar-refractivity contribution in [3.63, 3.8) is 0 Å². The molecule has 1 atom stereocenters. The van der Waals surface area contributed by atoms with E-state index in [-0.39, 0.29) is 22.7 Å². The molecule has 0 unspecified atom stereocenters. The number of aryl methyl sites for hydroxylation is 1. The molecule has 2 aliphatic rings. The van der Waals surface area contributed by atoms with E-state index in [0.29, 0.717) is 36.1 Å². The first kappa shape index (κ1) is 27.4. The van der Waals surface area contributed by atoms with E-state index in [1.54, 1.807) is 6.26 Å². The lowest BCUT2D eigenvalue weighted by molar-refractivity contribution is 0.0858. The molecule has 1 aromatic carbocycles. The first-order chi connectivity index (χ1) is 20.0. The molecule has 212 valence electrons. The number of carbonyl (C=O) groups is 2. The molecule has 0 spiro atoms. The standard InChI is InChI=1S/C30H30ClN5O4S/c31-23-16-33-30(36(18-21-10-6-14-40-21)17-19-7-2-1-3-8-19)34-26(23)28(38)35-29-25(22-11-4-12-24(22)41-29)27(37)32-15-20-9-5-13-39-20/h1-3,6-8,10,14,16,20H,4-5,9,11-13,15,17-18H2,(H,32,37)(H,35,38)/t20-/m1/s1. The van der Waals surface area contributed by atoms with Crippen LogP contribution in [0.3, 0.4) is 0 Å². The second-order valence-corrected chi connectivity index (χ2v) is 11.7. The van der Waals surface area contributed by atoms with Gasteiger partial charge in [-0.25, -0.2) is 9.97 Å². The zero-order chi connectivity index (χ0) is 28.2. The normalized spacial score (nSPS) is 16.0. The van der Waals surface area contributed by atoms with E-state index < -0.39 is 5.91 Å². The lowest BCUT2D eigenvalue weighted by atomic mass is 10.1. The van der Waals surface area contributed by atoms with Crippen molar-refractivity contribution in [1.82, 2.24) is 15.3 Å². The van der Waals surface area contributed by atoms with Gasteiger partial charge in [-0.1, -0.05) is 41.9 Å². The Hall–Kier alpha value is -3.73. The molecule has 0 radical (unpaired) electrons. The van der Waals surface area contributed by atoms with E-state index in [2.05, 4.69) is 20.6 Å². The first-order valence-corrected chi connectivity index (χ1v) is 14.9. The topological polar surface area (TPSA) is 110 Å². The average molecular weight is 592 g/mol. The van der Waals surface area contributed by atoms with Gasteiger partial charge in [-0.2, -0.15) is 0 Å². The SMILES string of the molecule is O=C(Nc1sc2c(c1C(=O)NC[C@H]1CCCO1)CCC2)c1nc(N(Cc2ccccc2)Cc2ccco2)ncc1Cl. The second kappa shape index (κ2) is 12.4. The number of carbonyl (C=O) groups excluding carboxylic acids is 2. The van der Waals surface area contributed by atoms with Gasteiger partial charge in [-0.05, 0) is 55.4 Å². The number of fused-ring (bicyclic) bond motifs is 1. The van der Waals surface area contributed by atoms with E-state index in [4.69, 9.17) is 20.8 Å². The number of amides is 2. The molecule has 1 saturated heterocycles. The Morgan fingerprint density at radius 3 is 2.73 bits per heavy atom. The van der Waals surface area contributed by atoms with Crippen LogP contribution >= 0.6 is 22.9 Å². The molecule has 41 heavy (non-hydrogen) atoms. The molecule has 6 rings (SSSR count). The van der Waals surface area contributed by atoms with Gasteiger partial charge in [0.15, 0.2) is 5.69 Å². The van der Waals surface area contributed by atoms with Gasteiger partial charge < -0.3 is 24.7 Å². The fourth-order valence-electron chi connectivity index (χ4n) is 5.26. The number of halogens is 1. The van der Waals surface area contributed by atoms with E-state index in [1.165, 1.54) is 17.5 Å². The number of hydrogen-bond acceptors (Lipinski definition) is 8. The van der Waals surface area contributed by atoms with Gasteiger partial charge in [-0.3, -0.25) is 9.59 Å². The third-order valence-corrected chi connectivity index (χ3v) is 8.75. The van der Waals surface area contributed by atoms with Gasteiger partial charge in [-0.15, -0.1) is 11.3 Å². The van der Waals surface area contributed by atoms with Crippen LogP contribution in [0.5, 0.6) is 0 Å². The summed E-state index contributed by atoms with van der Waals surface area (Å²) in [5.74, 6) is 0.377. The van der Waals surface area contributed by atoms with Crippen LogP contribution in [0.4, 0.5) is 10.9 Å². The molecule has 11 heteroatoms. The van der Waals surface area contributed by atoms with Crippen molar-refractivity contribution in [3.05, 3.63) is 93.0 Å². The van der Waals surface area contributed by atoms with Crippen molar-refractivity contribution in [3.8, 4) is 0 Å². The summed E-state index contributed by atoms with van der Waals surface area (Å²) in [6.07, 6.45) is 7.71. The highest BCUT2D eigenvalue weighted by atomic mass is 35.5. The fourth-order valence-corrected chi connectivity index (χ4v) is 6.71. The van der Waals surface area contributed by atoms with Gasteiger partial charge in [0.2, 0.25) is 5.95 Å². The molecule has 0 bridgehead atoms. The molecule has 4 aromatic rings. The highest BCUT2D eigenvalue weighted by Crippen LogP contribution is 2.39. The third-order valence-electron chi connectivity index (χ3n) is 7.26. The van der Waals surface area contributed by atoms with Crippen molar-refractivity contribution in [1.29, 1.82) is 0 Å². The molecule has 2 amide bonds. The molecule has 1 aliphatic heterocycles. The van der Waals surface area contributed by atoms with Crippen LogP contribution in [-0.2, 0) is 30.7 Å². The number of nitrogens with zero attached hydrogens (tertiary/aromatic N) is 3. The number of rotatable bonds is 10. The predicted octanol–water partition coefficient (Wildman–Crippen LogP) is 5.64. The maximum absolute atomic E-state index is 13.6. The smallest absolute Gasteiger partial charge is 0.276 e. The van der Waals surface area contributed by atoms with Crippen molar-refractivity contribution in [2.45, 2.75) is 51.3 Å². The van der Waals surface area contributed by atoms with Crippen LogP contribution in [0.2, 0.25) is 5.02 Å². The number of ether oxygens (including phenoxy) is 1. The van der Waals surface area contributed by atoms with E-state index in [9.17, 15) is 9.59 Å². The Balaban J connectivity index is 1.25. The Kier molecular flexibility index (Phi) is 8.31. The third kappa shape index (κ3) is 6.29. The van der Waals surface area contributed by atoms with Crippen molar-refractivity contribution in [2.75, 3.05) is 23.4 Å². The summed E-state index contributed by atoms with van der Waals surface area (Å²) in [5, 5.41) is 6.59. The largest absolute Gasteiger partial charge is 0.467 e. The van der Waals surface area contributed by atoms with Crippen molar-refractivity contribution in [2.24, 2.45) is 0 Å². The van der Waals surface area contributed by atoms with Gasteiger partial charge in [0.25, 0.3) is 11.8 Å². The summed E-state index contributed by atoms with van der Waals surface area (Å²) in [6.45, 7) is 2.07. The zero-order valence-corrected chi connectivity index (χ0v) is 24.0. The number of thiophene rings is 1. The zero-order valence-electron chi connectivity index (χ0n) is 22.4. The monoisotopic (exact) mass is 591 g/mol. The van der Waals surface area contributed by atoms with Crippen LogP contribution in [0.15, 0.2) is 59.3 Å². The highest BCUT2D eigenvalue weighted by molar-refractivity contribution is 7.17. The summed E-state index contributed by atoms with van der Waals surface area (Å²) >= 11 is 7.90. The van der Waals surface area contributed by atoms with Crippen LogP contribution in [0.1, 0.15) is 61.9 Å². The Bertz CT molecular complexity index is 1520. The number of furan rings is 1. The Labute approximate surface area is 246 Å². The molecular weight excluding hydrogens is 562 g/mol. The fraction of sp³-hybridized carbons (Fsp3) is 0.333. The van der Waals surface area contributed by atoms with Crippen LogP contribution < -0.4 is 15.5 Å². The maximum atomic E-state index is 13.6. The minimum absolute atomic E-state index is 0.0296. The first-order valence-electron chi connectivity index (χ1n) is 13.7. The van der Waals surface area contributed by atoms with E-state index >= 15 is 0 Å². The Morgan fingerprint density at radius 2 is 1.95 bits per heavy atom. The molecule has 4 heterocycles. The van der Waals surface area contributed by atoms with Crippen LogP contribution in [0, 0.1) is 0 Å². The van der Waals surface area contributed by atoms with Gasteiger partial charge >= 0.3 is 0 Å². The Morgan fingerprint density at radius 1 is 1.07 bits per heavy atom. The number of benzene rings is 1. The summed E-state index contributed by atoms with van der Waals surface area (Å²) in [6, 6.07) is 13.6. The maximum Gasteiger partial charge on any atom is 0.276 e. The molecule has 1 aliphatic carbocycles. The molecular formula is C30H30ClN5O4S.